The molecule has 0 aromatic heterocycles. The standard InChI is InChI=1S/C15H20O2/c1-10(2)17-12-7-5-11(6-8-12)13-9-14(16)15(13,3)4/h5-8,10,13H,9H2,1-4H3. The molecule has 2 rings (SSSR count). The molecule has 0 saturated heterocycles. The van der Waals surface area contributed by atoms with Gasteiger partial charge in [0.1, 0.15) is 11.5 Å². The molecule has 92 valence electrons. The Hall–Kier alpha value is -1.31. The molecule has 2 heteroatoms. The predicted molar refractivity (Wildman–Crippen MR) is 68.4 cm³/mol. The molecule has 0 amide bonds. The highest BCUT2D eigenvalue weighted by molar-refractivity contribution is 5.92. The first-order valence-electron chi connectivity index (χ1n) is 6.21. The zero-order chi connectivity index (χ0) is 12.6. The summed E-state index contributed by atoms with van der Waals surface area (Å²) in [5, 5.41) is 0. The molecule has 1 atom stereocenters. The molecule has 1 saturated carbocycles. The molecule has 1 aliphatic rings. The summed E-state index contributed by atoms with van der Waals surface area (Å²) in [6.07, 6.45) is 0.875. The summed E-state index contributed by atoms with van der Waals surface area (Å²) in [6, 6.07) is 8.15. The van der Waals surface area contributed by atoms with E-state index in [0.717, 1.165) is 5.75 Å². The highest BCUT2D eigenvalue weighted by Crippen LogP contribution is 2.49. The minimum absolute atomic E-state index is 0.194. The van der Waals surface area contributed by atoms with E-state index in [4.69, 9.17) is 4.74 Å². The van der Waals surface area contributed by atoms with Gasteiger partial charge in [0.25, 0.3) is 0 Å². The van der Waals surface area contributed by atoms with Crippen LogP contribution in [0, 0.1) is 5.41 Å². The zero-order valence-corrected chi connectivity index (χ0v) is 11.0. The molecule has 1 fully saturated rings. The first-order chi connectivity index (χ1) is 7.91. The first kappa shape index (κ1) is 12.2. The van der Waals surface area contributed by atoms with E-state index in [1.54, 1.807) is 0 Å². The average Bonchev–Trinajstić information content (AvgIpc) is 2.26. The number of ketones is 1. The normalized spacial score (nSPS) is 22.4. The average molecular weight is 232 g/mol. The van der Waals surface area contributed by atoms with E-state index in [-0.39, 0.29) is 11.5 Å². The van der Waals surface area contributed by atoms with Crippen molar-refractivity contribution in [1.29, 1.82) is 0 Å². The number of rotatable bonds is 3. The van der Waals surface area contributed by atoms with E-state index in [1.165, 1.54) is 5.56 Å². The zero-order valence-electron chi connectivity index (χ0n) is 11.0. The second-order valence-corrected chi connectivity index (χ2v) is 5.64. The topological polar surface area (TPSA) is 26.3 Å². The minimum atomic E-state index is -0.194. The Morgan fingerprint density at radius 1 is 1.24 bits per heavy atom. The molecular weight excluding hydrogens is 212 g/mol. The number of hydrogen-bond acceptors (Lipinski definition) is 2. The van der Waals surface area contributed by atoms with E-state index >= 15 is 0 Å². The van der Waals surface area contributed by atoms with Gasteiger partial charge in [-0.3, -0.25) is 4.79 Å². The molecule has 0 spiro atoms. The van der Waals surface area contributed by atoms with Gasteiger partial charge < -0.3 is 4.74 Å². The van der Waals surface area contributed by atoms with Crippen LogP contribution in [0.2, 0.25) is 0 Å². The first-order valence-corrected chi connectivity index (χ1v) is 6.21. The van der Waals surface area contributed by atoms with Crippen LogP contribution in [0.15, 0.2) is 24.3 Å². The van der Waals surface area contributed by atoms with Crippen molar-refractivity contribution < 1.29 is 9.53 Å². The van der Waals surface area contributed by atoms with Gasteiger partial charge in [-0.15, -0.1) is 0 Å². The smallest absolute Gasteiger partial charge is 0.139 e. The van der Waals surface area contributed by atoms with Crippen molar-refractivity contribution >= 4 is 5.78 Å². The number of ether oxygens (including phenoxy) is 1. The van der Waals surface area contributed by atoms with Gasteiger partial charge in [0.2, 0.25) is 0 Å². The Morgan fingerprint density at radius 2 is 1.82 bits per heavy atom. The van der Waals surface area contributed by atoms with E-state index in [1.807, 2.05) is 39.8 Å². The summed E-state index contributed by atoms with van der Waals surface area (Å²) >= 11 is 0. The van der Waals surface area contributed by atoms with Crippen LogP contribution in [-0.2, 0) is 4.79 Å². The SMILES string of the molecule is CC(C)Oc1ccc(C2CC(=O)C2(C)C)cc1. The third-order valence-corrected chi connectivity index (χ3v) is 3.63. The summed E-state index contributed by atoms with van der Waals surface area (Å²) < 4.78 is 5.61. The Balaban J connectivity index is 2.12. The number of benzene rings is 1. The Labute approximate surface area is 103 Å². The Morgan fingerprint density at radius 3 is 2.24 bits per heavy atom. The molecule has 0 N–H and O–H groups in total. The molecule has 0 bridgehead atoms. The van der Waals surface area contributed by atoms with Gasteiger partial charge in [-0.05, 0) is 31.5 Å². The highest BCUT2D eigenvalue weighted by atomic mass is 16.5. The lowest BCUT2D eigenvalue weighted by Crippen LogP contribution is -2.43. The molecule has 1 aromatic rings. The Bertz CT molecular complexity index is 415. The number of carbonyl (C=O) groups excluding carboxylic acids is 1. The third-order valence-electron chi connectivity index (χ3n) is 3.63. The molecule has 0 radical (unpaired) electrons. The summed E-state index contributed by atoms with van der Waals surface area (Å²) in [4.78, 5) is 11.5. The highest BCUT2D eigenvalue weighted by Gasteiger charge is 2.47. The largest absolute Gasteiger partial charge is 0.491 e. The van der Waals surface area contributed by atoms with E-state index in [9.17, 15) is 4.79 Å². The summed E-state index contributed by atoms with van der Waals surface area (Å²) in [6.45, 7) is 8.09. The minimum Gasteiger partial charge on any atom is -0.491 e. The van der Waals surface area contributed by atoms with Crippen LogP contribution in [0.3, 0.4) is 0 Å². The van der Waals surface area contributed by atoms with Crippen LogP contribution in [0.5, 0.6) is 5.75 Å². The number of carbonyl (C=O) groups is 1. The van der Waals surface area contributed by atoms with Crippen molar-refractivity contribution in [3.05, 3.63) is 29.8 Å². The van der Waals surface area contributed by atoms with Crippen LogP contribution in [-0.4, -0.2) is 11.9 Å². The van der Waals surface area contributed by atoms with Crippen LogP contribution in [0.4, 0.5) is 0 Å². The summed E-state index contributed by atoms with van der Waals surface area (Å²) in [7, 11) is 0. The van der Waals surface area contributed by atoms with Gasteiger partial charge >= 0.3 is 0 Å². The van der Waals surface area contributed by atoms with Crippen LogP contribution < -0.4 is 4.74 Å². The second kappa shape index (κ2) is 4.17. The number of Topliss-reactive ketones (excluding diaryl/α,β-unsaturated/α-hetero) is 1. The van der Waals surface area contributed by atoms with Crippen molar-refractivity contribution in [2.75, 3.05) is 0 Å². The van der Waals surface area contributed by atoms with Crippen molar-refractivity contribution in [3.8, 4) is 5.75 Å². The molecule has 1 aromatic carbocycles. The fourth-order valence-corrected chi connectivity index (χ4v) is 2.35. The van der Waals surface area contributed by atoms with Crippen molar-refractivity contribution in [2.45, 2.75) is 46.1 Å². The maximum Gasteiger partial charge on any atom is 0.139 e. The van der Waals surface area contributed by atoms with E-state index in [0.29, 0.717) is 18.1 Å². The lowest BCUT2D eigenvalue weighted by Gasteiger charge is -2.42. The number of hydrogen-bond donors (Lipinski definition) is 0. The van der Waals surface area contributed by atoms with E-state index < -0.39 is 0 Å². The van der Waals surface area contributed by atoms with Crippen molar-refractivity contribution in [1.82, 2.24) is 0 Å². The monoisotopic (exact) mass is 232 g/mol. The fourth-order valence-electron chi connectivity index (χ4n) is 2.35. The second-order valence-electron chi connectivity index (χ2n) is 5.64. The molecule has 2 nitrogen and oxygen atoms in total. The van der Waals surface area contributed by atoms with Crippen LogP contribution in [0.25, 0.3) is 0 Å². The molecule has 17 heavy (non-hydrogen) atoms. The summed E-state index contributed by atoms with van der Waals surface area (Å²) in [5.41, 5.74) is 1.05. The van der Waals surface area contributed by atoms with Crippen LogP contribution in [0.1, 0.15) is 45.6 Å². The van der Waals surface area contributed by atoms with Gasteiger partial charge in [0.15, 0.2) is 0 Å². The molecular formula is C15H20O2. The molecule has 1 aliphatic carbocycles. The van der Waals surface area contributed by atoms with Crippen LogP contribution >= 0.6 is 0 Å². The van der Waals surface area contributed by atoms with Gasteiger partial charge in [-0.25, -0.2) is 0 Å². The van der Waals surface area contributed by atoms with Gasteiger partial charge in [0.05, 0.1) is 6.10 Å². The lowest BCUT2D eigenvalue weighted by atomic mass is 9.59. The molecule has 0 heterocycles. The van der Waals surface area contributed by atoms with Crippen molar-refractivity contribution in [2.24, 2.45) is 5.41 Å². The van der Waals surface area contributed by atoms with Crippen molar-refractivity contribution in [3.63, 3.8) is 0 Å². The Kier molecular flexibility index (Phi) is 2.98. The fraction of sp³-hybridized carbons (Fsp3) is 0.533. The third kappa shape index (κ3) is 2.21. The maximum absolute atomic E-state index is 11.5. The summed E-state index contributed by atoms with van der Waals surface area (Å²) in [5.74, 6) is 1.63. The van der Waals surface area contributed by atoms with Gasteiger partial charge in [-0.2, -0.15) is 0 Å². The van der Waals surface area contributed by atoms with Gasteiger partial charge in [-0.1, -0.05) is 26.0 Å². The lowest BCUT2D eigenvalue weighted by molar-refractivity contribution is -0.137. The molecule has 0 aliphatic heterocycles. The quantitative estimate of drug-likeness (QED) is 0.796. The van der Waals surface area contributed by atoms with Gasteiger partial charge in [0, 0.05) is 17.8 Å². The molecule has 1 unspecified atom stereocenters. The maximum atomic E-state index is 11.5. The predicted octanol–water partition coefficient (Wildman–Crippen LogP) is 3.56. The van der Waals surface area contributed by atoms with E-state index in [2.05, 4.69) is 12.1 Å².